The van der Waals surface area contributed by atoms with Crippen LogP contribution in [0.4, 0.5) is 10.5 Å². The van der Waals surface area contributed by atoms with E-state index in [0.717, 1.165) is 12.8 Å². The first kappa shape index (κ1) is 20.0. The van der Waals surface area contributed by atoms with Crippen molar-refractivity contribution < 1.29 is 18.0 Å². The minimum Gasteiger partial charge on any atom is -0.337 e. The van der Waals surface area contributed by atoms with Crippen LogP contribution >= 0.6 is 0 Å². The molecule has 0 radical (unpaired) electrons. The summed E-state index contributed by atoms with van der Waals surface area (Å²) in [5, 5.41) is 5.18. The number of rotatable bonds is 6. The van der Waals surface area contributed by atoms with Gasteiger partial charge in [0.15, 0.2) is 0 Å². The first-order valence-electron chi connectivity index (χ1n) is 7.78. The Labute approximate surface area is 143 Å². The second-order valence-corrected chi connectivity index (χ2v) is 8.13. The smallest absolute Gasteiger partial charge is 0.328 e. The number of amides is 3. The molecule has 134 valence electrons. The molecule has 0 heterocycles. The van der Waals surface area contributed by atoms with Gasteiger partial charge in [-0.15, -0.1) is 0 Å². The van der Waals surface area contributed by atoms with Gasteiger partial charge in [-0.05, 0) is 30.7 Å². The summed E-state index contributed by atoms with van der Waals surface area (Å²) in [6.07, 6.45) is 1.67. The Morgan fingerprint density at radius 2 is 1.67 bits per heavy atom. The van der Waals surface area contributed by atoms with E-state index in [1.165, 1.54) is 24.3 Å². The lowest BCUT2D eigenvalue weighted by atomic mass is 9.95. The van der Waals surface area contributed by atoms with E-state index in [1.807, 2.05) is 11.6 Å². The fourth-order valence-electron chi connectivity index (χ4n) is 1.63. The van der Waals surface area contributed by atoms with Gasteiger partial charge >= 0.3 is 6.03 Å². The molecule has 0 aliphatic carbocycles. The molecule has 3 amide bonds. The zero-order chi connectivity index (χ0) is 18.4. The highest BCUT2D eigenvalue weighted by atomic mass is 32.2. The third-order valence-corrected chi connectivity index (χ3v) is 4.49. The monoisotopic (exact) mass is 355 g/mol. The van der Waals surface area contributed by atoms with Crippen molar-refractivity contribution in [2.75, 3.05) is 11.9 Å². The van der Waals surface area contributed by atoms with Crippen LogP contribution < -0.4 is 15.4 Å². The summed E-state index contributed by atoms with van der Waals surface area (Å²) in [5.74, 6) is -0.175. The minimum atomic E-state index is -3.95. The van der Waals surface area contributed by atoms with E-state index in [1.54, 1.807) is 20.8 Å². The van der Waals surface area contributed by atoms with Crippen molar-refractivity contribution >= 4 is 27.6 Å². The van der Waals surface area contributed by atoms with Crippen LogP contribution in [0, 0.1) is 5.41 Å². The van der Waals surface area contributed by atoms with Crippen LogP contribution in [0.5, 0.6) is 0 Å². The van der Waals surface area contributed by atoms with Gasteiger partial charge in [0.05, 0.1) is 4.90 Å². The molecule has 0 atom stereocenters. The van der Waals surface area contributed by atoms with E-state index in [0.29, 0.717) is 12.2 Å². The summed E-state index contributed by atoms with van der Waals surface area (Å²) in [4.78, 5) is 23.4. The summed E-state index contributed by atoms with van der Waals surface area (Å²) >= 11 is 0. The van der Waals surface area contributed by atoms with Crippen LogP contribution in [0.25, 0.3) is 0 Å². The molecule has 8 heteroatoms. The number of carbonyl (C=O) groups is 2. The number of hydrogen-bond donors (Lipinski definition) is 3. The van der Waals surface area contributed by atoms with Gasteiger partial charge < -0.3 is 10.6 Å². The van der Waals surface area contributed by atoms with Crippen LogP contribution in [0.3, 0.4) is 0 Å². The summed E-state index contributed by atoms with van der Waals surface area (Å²) in [6.45, 7) is 7.72. The number of unbranched alkanes of at least 4 members (excludes halogenated alkanes) is 1. The maximum atomic E-state index is 12.1. The number of carbonyl (C=O) groups excluding carboxylic acids is 2. The maximum absolute atomic E-state index is 12.1. The van der Waals surface area contributed by atoms with Crippen molar-refractivity contribution in [3.05, 3.63) is 24.3 Å². The number of benzene rings is 1. The normalized spacial score (nSPS) is 11.7. The van der Waals surface area contributed by atoms with Crippen molar-refractivity contribution in [1.82, 2.24) is 10.0 Å². The van der Waals surface area contributed by atoms with E-state index in [9.17, 15) is 18.0 Å². The lowest BCUT2D eigenvalue weighted by Gasteiger charge is -2.17. The zero-order valence-electron chi connectivity index (χ0n) is 14.5. The first-order valence-corrected chi connectivity index (χ1v) is 9.27. The second kappa shape index (κ2) is 8.14. The Morgan fingerprint density at radius 1 is 1.08 bits per heavy atom. The van der Waals surface area contributed by atoms with E-state index < -0.39 is 21.5 Å². The number of anilines is 1. The highest BCUT2D eigenvalue weighted by molar-refractivity contribution is 7.90. The SMILES string of the molecule is CCCCNC(=O)NS(=O)(=O)c1ccc(NC(=O)C(C)(C)C)cc1. The molecule has 0 aromatic heterocycles. The molecule has 0 bridgehead atoms. The highest BCUT2D eigenvalue weighted by Crippen LogP contribution is 2.19. The lowest BCUT2D eigenvalue weighted by molar-refractivity contribution is -0.123. The topological polar surface area (TPSA) is 104 Å². The third kappa shape index (κ3) is 6.19. The molecule has 7 nitrogen and oxygen atoms in total. The summed E-state index contributed by atoms with van der Waals surface area (Å²) in [6, 6.07) is 4.87. The molecular weight excluding hydrogens is 330 g/mol. The summed E-state index contributed by atoms with van der Waals surface area (Å²) < 4.78 is 26.2. The van der Waals surface area contributed by atoms with Crippen LogP contribution in [0.15, 0.2) is 29.2 Å². The molecule has 24 heavy (non-hydrogen) atoms. The Morgan fingerprint density at radius 3 is 2.17 bits per heavy atom. The molecule has 0 saturated heterocycles. The average Bonchev–Trinajstić information content (AvgIpc) is 2.46. The predicted octanol–water partition coefficient (Wildman–Crippen LogP) is 2.46. The predicted molar refractivity (Wildman–Crippen MR) is 93.2 cm³/mol. The molecule has 3 N–H and O–H groups in total. The quantitative estimate of drug-likeness (QED) is 0.682. The Hall–Kier alpha value is -2.09. The standard InChI is InChI=1S/C16H25N3O4S/c1-5-6-11-17-15(21)19-24(22,23)13-9-7-12(8-10-13)18-14(20)16(2,3)4/h7-10H,5-6,11H2,1-4H3,(H,18,20)(H2,17,19,21). The van der Waals surface area contributed by atoms with Crippen molar-refractivity contribution in [3.63, 3.8) is 0 Å². The average molecular weight is 355 g/mol. The van der Waals surface area contributed by atoms with Gasteiger partial charge in [0.1, 0.15) is 0 Å². The number of sulfonamides is 1. The molecule has 1 rings (SSSR count). The number of nitrogens with one attached hydrogen (secondary N) is 3. The molecule has 0 unspecified atom stereocenters. The van der Waals surface area contributed by atoms with Crippen LogP contribution in [-0.2, 0) is 14.8 Å². The molecule has 1 aromatic rings. The fraction of sp³-hybridized carbons (Fsp3) is 0.500. The fourth-order valence-corrected chi connectivity index (χ4v) is 2.56. The molecular formula is C16H25N3O4S. The van der Waals surface area contributed by atoms with Crippen molar-refractivity contribution in [2.45, 2.75) is 45.4 Å². The molecule has 0 spiro atoms. The van der Waals surface area contributed by atoms with Crippen LogP contribution in [-0.4, -0.2) is 26.9 Å². The van der Waals surface area contributed by atoms with E-state index in [-0.39, 0.29) is 10.8 Å². The van der Waals surface area contributed by atoms with Gasteiger partial charge in [0.2, 0.25) is 5.91 Å². The molecule has 1 aromatic carbocycles. The van der Waals surface area contributed by atoms with Crippen LogP contribution in [0.1, 0.15) is 40.5 Å². The molecule has 0 saturated carbocycles. The van der Waals surface area contributed by atoms with E-state index in [2.05, 4.69) is 10.6 Å². The first-order chi connectivity index (χ1) is 11.1. The maximum Gasteiger partial charge on any atom is 0.328 e. The van der Waals surface area contributed by atoms with Gasteiger partial charge in [-0.1, -0.05) is 34.1 Å². The second-order valence-electron chi connectivity index (χ2n) is 6.44. The van der Waals surface area contributed by atoms with E-state index in [4.69, 9.17) is 0 Å². The Balaban J connectivity index is 2.73. The van der Waals surface area contributed by atoms with Crippen molar-refractivity contribution in [1.29, 1.82) is 0 Å². The molecule has 0 fully saturated rings. The Kier molecular flexibility index (Phi) is 6.77. The minimum absolute atomic E-state index is 0.0538. The van der Waals surface area contributed by atoms with Gasteiger partial charge in [-0.2, -0.15) is 0 Å². The van der Waals surface area contributed by atoms with Gasteiger partial charge in [-0.25, -0.2) is 17.9 Å². The van der Waals surface area contributed by atoms with Gasteiger partial charge in [0.25, 0.3) is 10.0 Å². The van der Waals surface area contributed by atoms with Gasteiger partial charge in [0, 0.05) is 17.6 Å². The van der Waals surface area contributed by atoms with Crippen molar-refractivity contribution in [3.8, 4) is 0 Å². The van der Waals surface area contributed by atoms with Crippen molar-refractivity contribution in [2.24, 2.45) is 5.41 Å². The van der Waals surface area contributed by atoms with Gasteiger partial charge in [-0.3, -0.25) is 4.79 Å². The molecule has 0 aliphatic heterocycles. The number of urea groups is 1. The highest BCUT2D eigenvalue weighted by Gasteiger charge is 2.22. The summed E-state index contributed by atoms with van der Waals surface area (Å²) in [7, 11) is -3.95. The van der Waals surface area contributed by atoms with Crippen LogP contribution in [0.2, 0.25) is 0 Å². The largest absolute Gasteiger partial charge is 0.337 e. The lowest BCUT2D eigenvalue weighted by Crippen LogP contribution is -2.39. The zero-order valence-corrected chi connectivity index (χ0v) is 15.3. The Bertz CT molecular complexity index is 676. The van der Waals surface area contributed by atoms with E-state index >= 15 is 0 Å². The molecule has 0 aliphatic rings. The summed E-state index contributed by atoms with van der Waals surface area (Å²) in [5.41, 5.74) is -0.0654. The third-order valence-electron chi connectivity index (χ3n) is 3.15. The number of hydrogen-bond acceptors (Lipinski definition) is 4.